The molecule has 1 heterocycles. The van der Waals surface area contributed by atoms with Gasteiger partial charge in [0, 0.05) is 18.1 Å². The van der Waals surface area contributed by atoms with Crippen LogP contribution in [0.25, 0.3) is 0 Å². The molecule has 142 valence electrons. The quantitative estimate of drug-likeness (QED) is 0.775. The van der Waals surface area contributed by atoms with Crippen molar-refractivity contribution in [3.8, 4) is 11.8 Å². The minimum atomic E-state index is -0.464. The van der Waals surface area contributed by atoms with Gasteiger partial charge in [0.05, 0.1) is 23.1 Å². The summed E-state index contributed by atoms with van der Waals surface area (Å²) in [7, 11) is 1.46. The van der Waals surface area contributed by atoms with Gasteiger partial charge in [-0.15, -0.1) is 11.3 Å². The van der Waals surface area contributed by atoms with Crippen molar-refractivity contribution in [1.82, 2.24) is 4.90 Å². The zero-order valence-electron chi connectivity index (χ0n) is 15.6. The van der Waals surface area contributed by atoms with Gasteiger partial charge in [0.1, 0.15) is 16.8 Å². The molecule has 0 aliphatic heterocycles. The van der Waals surface area contributed by atoms with Crippen molar-refractivity contribution >= 4 is 39.8 Å². The molecule has 2 rings (SSSR count). The number of carbonyl (C=O) groups is 2. The second kappa shape index (κ2) is 8.89. The molecule has 0 fully saturated rings. The van der Waals surface area contributed by atoms with Crippen LogP contribution in [0.4, 0.5) is 5.00 Å². The summed E-state index contributed by atoms with van der Waals surface area (Å²) in [6, 6.07) is 6.78. The Morgan fingerprint density at radius 1 is 1.33 bits per heavy atom. The third kappa shape index (κ3) is 4.24. The Morgan fingerprint density at radius 2 is 2.00 bits per heavy atom. The summed E-state index contributed by atoms with van der Waals surface area (Å²) < 4.78 is 5.20. The van der Waals surface area contributed by atoms with Crippen LogP contribution in [0.2, 0.25) is 5.02 Å². The van der Waals surface area contributed by atoms with Gasteiger partial charge in [0.25, 0.3) is 11.8 Å². The summed E-state index contributed by atoms with van der Waals surface area (Å²) in [5.74, 6) is -0.253. The molecule has 0 unspecified atom stereocenters. The van der Waals surface area contributed by atoms with E-state index in [4.69, 9.17) is 16.3 Å². The number of rotatable bonds is 6. The summed E-state index contributed by atoms with van der Waals surface area (Å²) in [6.07, 6.45) is 0. The van der Waals surface area contributed by atoms with Gasteiger partial charge in [0.15, 0.2) is 0 Å². The summed E-state index contributed by atoms with van der Waals surface area (Å²) in [5.41, 5.74) is 1.09. The topological polar surface area (TPSA) is 82.4 Å². The van der Waals surface area contributed by atoms with E-state index in [2.05, 4.69) is 11.4 Å². The summed E-state index contributed by atoms with van der Waals surface area (Å²) in [5, 5.41) is 12.9. The van der Waals surface area contributed by atoms with Crippen LogP contribution in [0.3, 0.4) is 0 Å². The first-order valence-electron chi connectivity index (χ1n) is 8.35. The lowest BCUT2D eigenvalue weighted by Gasteiger charge is -2.17. The fourth-order valence-electron chi connectivity index (χ4n) is 2.62. The number of carbonyl (C=O) groups excluding carboxylic acids is 2. The van der Waals surface area contributed by atoms with Crippen molar-refractivity contribution in [3.05, 3.63) is 44.8 Å². The summed E-state index contributed by atoms with van der Waals surface area (Å²) in [4.78, 5) is 27.5. The maximum atomic E-state index is 12.7. The fraction of sp³-hybridized carbons (Fsp3) is 0.316. The molecule has 2 amide bonds. The van der Waals surface area contributed by atoms with Crippen LogP contribution in [-0.2, 0) is 0 Å². The Labute approximate surface area is 167 Å². The van der Waals surface area contributed by atoms with E-state index < -0.39 is 5.91 Å². The lowest BCUT2D eigenvalue weighted by molar-refractivity contribution is 0.0777. The average molecular weight is 406 g/mol. The zero-order chi connectivity index (χ0) is 20.1. The van der Waals surface area contributed by atoms with Crippen LogP contribution in [0.1, 0.15) is 45.0 Å². The van der Waals surface area contributed by atoms with E-state index in [0.717, 1.165) is 11.3 Å². The predicted octanol–water partition coefficient (Wildman–Crippen LogP) is 4.32. The van der Waals surface area contributed by atoms with Crippen molar-refractivity contribution < 1.29 is 14.3 Å². The number of nitrogens with zero attached hydrogens (tertiary/aromatic N) is 2. The fourth-order valence-corrected chi connectivity index (χ4v) is 3.92. The number of anilines is 1. The number of amides is 2. The lowest BCUT2D eigenvalue weighted by Crippen LogP contribution is -2.30. The van der Waals surface area contributed by atoms with Crippen LogP contribution in [0, 0.1) is 18.3 Å². The first-order chi connectivity index (χ1) is 12.9. The van der Waals surface area contributed by atoms with E-state index in [0.29, 0.717) is 39.3 Å². The van der Waals surface area contributed by atoms with Gasteiger partial charge >= 0.3 is 0 Å². The zero-order valence-corrected chi connectivity index (χ0v) is 17.1. The first kappa shape index (κ1) is 20.7. The molecule has 0 spiro atoms. The number of nitriles is 1. The molecule has 0 atom stereocenters. The molecule has 0 saturated carbocycles. The van der Waals surface area contributed by atoms with Gasteiger partial charge in [-0.3, -0.25) is 9.59 Å². The van der Waals surface area contributed by atoms with Crippen LogP contribution in [0.5, 0.6) is 5.75 Å². The van der Waals surface area contributed by atoms with Gasteiger partial charge in [-0.2, -0.15) is 5.26 Å². The predicted molar refractivity (Wildman–Crippen MR) is 107 cm³/mol. The van der Waals surface area contributed by atoms with Gasteiger partial charge in [-0.05, 0) is 44.5 Å². The Morgan fingerprint density at radius 3 is 2.56 bits per heavy atom. The highest BCUT2D eigenvalue weighted by molar-refractivity contribution is 7.18. The number of hydrogen-bond acceptors (Lipinski definition) is 5. The Balaban J connectivity index is 2.41. The van der Waals surface area contributed by atoms with Crippen molar-refractivity contribution in [1.29, 1.82) is 5.26 Å². The maximum Gasteiger partial charge on any atom is 0.264 e. The van der Waals surface area contributed by atoms with E-state index >= 15 is 0 Å². The van der Waals surface area contributed by atoms with E-state index in [1.165, 1.54) is 13.2 Å². The SMILES string of the molecule is CCN(CC)C(=O)c1sc(NC(=O)c2cc(Cl)ccc2OC)c(C#N)c1C. The second-order valence-electron chi connectivity index (χ2n) is 5.65. The molecule has 2 aromatic rings. The largest absolute Gasteiger partial charge is 0.496 e. The van der Waals surface area contributed by atoms with Gasteiger partial charge < -0.3 is 15.0 Å². The third-order valence-corrected chi connectivity index (χ3v) is 5.57. The molecule has 0 saturated heterocycles. The van der Waals surface area contributed by atoms with Crippen molar-refractivity contribution in [2.24, 2.45) is 0 Å². The van der Waals surface area contributed by atoms with Crippen LogP contribution < -0.4 is 10.1 Å². The molecule has 0 radical (unpaired) electrons. The molecule has 1 aromatic carbocycles. The average Bonchev–Trinajstić information content (AvgIpc) is 2.97. The highest BCUT2D eigenvalue weighted by atomic mass is 35.5. The third-order valence-electron chi connectivity index (χ3n) is 4.14. The number of ether oxygens (including phenoxy) is 1. The molecule has 8 heteroatoms. The minimum Gasteiger partial charge on any atom is -0.496 e. The Kier molecular flexibility index (Phi) is 6.83. The lowest BCUT2D eigenvalue weighted by atomic mass is 10.1. The van der Waals surface area contributed by atoms with Crippen molar-refractivity contribution in [2.75, 3.05) is 25.5 Å². The number of methoxy groups -OCH3 is 1. The summed E-state index contributed by atoms with van der Waals surface area (Å²) >= 11 is 7.08. The Hall–Kier alpha value is -2.56. The number of hydrogen-bond donors (Lipinski definition) is 1. The molecule has 1 N–H and O–H groups in total. The highest BCUT2D eigenvalue weighted by Gasteiger charge is 2.24. The second-order valence-corrected chi connectivity index (χ2v) is 7.11. The molecular formula is C19H20ClN3O3S. The molecular weight excluding hydrogens is 386 g/mol. The highest BCUT2D eigenvalue weighted by Crippen LogP contribution is 2.34. The van der Waals surface area contributed by atoms with Crippen LogP contribution in [0.15, 0.2) is 18.2 Å². The molecule has 0 aliphatic carbocycles. The molecule has 27 heavy (non-hydrogen) atoms. The van der Waals surface area contributed by atoms with Crippen molar-refractivity contribution in [3.63, 3.8) is 0 Å². The monoisotopic (exact) mass is 405 g/mol. The van der Waals surface area contributed by atoms with Gasteiger partial charge in [0.2, 0.25) is 0 Å². The maximum absolute atomic E-state index is 12.7. The number of nitrogens with one attached hydrogen (secondary N) is 1. The van der Waals surface area contributed by atoms with E-state index in [-0.39, 0.29) is 17.0 Å². The molecule has 0 bridgehead atoms. The summed E-state index contributed by atoms with van der Waals surface area (Å²) in [6.45, 7) is 6.63. The Bertz CT molecular complexity index is 914. The smallest absolute Gasteiger partial charge is 0.264 e. The number of benzene rings is 1. The number of thiophene rings is 1. The molecule has 0 aliphatic rings. The minimum absolute atomic E-state index is 0.153. The normalized spacial score (nSPS) is 10.2. The van der Waals surface area contributed by atoms with E-state index in [1.807, 2.05) is 13.8 Å². The van der Waals surface area contributed by atoms with E-state index in [1.54, 1.807) is 24.0 Å². The molecule has 1 aromatic heterocycles. The van der Waals surface area contributed by atoms with Crippen LogP contribution in [-0.4, -0.2) is 36.9 Å². The standard InChI is InChI=1S/C19H20ClN3O3S/c1-5-23(6-2)19(25)16-11(3)14(10-21)18(27-16)22-17(24)13-9-12(20)7-8-15(13)26-4/h7-9H,5-6H2,1-4H3,(H,22,24). The van der Waals surface area contributed by atoms with Gasteiger partial charge in [-0.25, -0.2) is 0 Å². The van der Waals surface area contributed by atoms with Gasteiger partial charge in [-0.1, -0.05) is 11.6 Å². The van der Waals surface area contributed by atoms with Crippen LogP contribution >= 0.6 is 22.9 Å². The van der Waals surface area contributed by atoms with Crippen molar-refractivity contribution in [2.45, 2.75) is 20.8 Å². The van der Waals surface area contributed by atoms with E-state index in [9.17, 15) is 14.9 Å². The first-order valence-corrected chi connectivity index (χ1v) is 9.54. The molecule has 6 nitrogen and oxygen atoms in total. The number of halogens is 1.